The number of likely N-dealkylation sites (tertiary alicyclic amines) is 1. The van der Waals surface area contributed by atoms with Crippen molar-refractivity contribution in [1.82, 2.24) is 9.80 Å². The van der Waals surface area contributed by atoms with Crippen molar-refractivity contribution in [2.45, 2.75) is 32.2 Å². The van der Waals surface area contributed by atoms with Gasteiger partial charge in [-0.25, -0.2) is 9.79 Å². The number of nitrogens with zero attached hydrogens (tertiary/aromatic N) is 3. The number of hydrogen-bond acceptors (Lipinski definition) is 7. The maximum Gasteiger partial charge on any atom is 0.338 e. The lowest BCUT2D eigenvalue weighted by Gasteiger charge is -2.36. The summed E-state index contributed by atoms with van der Waals surface area (Å²) < 4.78 is 10.5. The van der Waals surface area contributed by atoms with Crippen molar-refractivity contribution in [3.05, 3.63) is 57.2 Å². The van der Waals surface area contributed by atoms with Gasteiger partial charge in [-0.1, -0.05) is 41.6 Å². The lowest BCUT2D eigenvalue weighted by atomic mass is 9.93. The zero-order valence-corrected chi connectivity index (χ0v) is 19.7. The number of ether oxygens (including phenoxy) is 2. The monoisotopic (exact) mass is 475 g/mol. The molecule has 0 bridgehead atoms. The molecule has 32 heavy (non-hydrogen) atoms. The van der Waals surface area contributed by atoms with Crippen molar-refractivity contribution in [3.63, 3.8) is 0 Å². The minimum absolute atomic E-state index is 0.0870. The molecule has 170 valence electrons. The van der Waals surface area contributed by atoms with E-state index in [1.807, 2.05) is 33.4 Å². The number of allylic oxidation sites excluding steroid dienone is 1. The molecule has 4 rings (SSSR count). The molecular weight excluding hydrogens is 450 g/mol. The molecule has 1 amide bonds. The van der Waals surface area contributed by atoms with Gasteiger partial charge in [-0.15, -0.1) is 0 Å². The van der Waals surface area contributed by atoms with Crippen molar-refractivity contribution in [3.8, 4) is 0 Å². The molecule has 3 aliphatic rings. The molecule has 1 atom stereocenters. The standard InChI is InChI=1S/C23H26ClN3O4S/c1-15-20(22(29)31-12-11-30-2)21(17-7-3-4-8-18(17)24)27-16(14-32-23(27)25-15)13-19(28)26-9-5-6-10-26/h3-4,7-8,14,21H,5-6,9-13H2,1-2H3. The molecule has 0 aliphatic carbocycles. The predicted molar refractivity (Wildman–Crippen MR) is 125 cm³/mol. The van der Waals surface area contributed by atoms with E-state index in [0.29, 0.717) is 22.9 Å². The first kappa shape index (κ1) is 22.9. The lowest BCUT2D eigenvalue weighted by molar-refractivity contribution is -0.141. The zero-order chi connectivity index (χ0) is 22.7. The second-order valence-electron chi connectivity index (χ2n) is 7.81. The Morgan fingerprint density at radius 1 is 1.22 bits per heavy atom. The third-order valence-corrected chi connectivity index (χ3v) is 6.97. The largest absolute Gasteiger partial charge is 0.460 e. The Bertz CT molecular complexity index is 1000. The van der Waals surface area contributed by atoms with Crippen LogP contribution in [0.2, 0.25) is 5.02 Å². The van der Waals surface area contributed by atoms with Crippen LogP contribution in [0.1, 0.15) is 37.8 Å². The number of carbonyl (C=O) groups excluding carboxylic acids is 2. The lowest BCUT2D eigenvalue weighted by Crippen LogP contribution is -2.38. The van der Waals surface area contributed by atoms with Crippen molar-refractivity contribution in [2.24, 2.45) is 4.99 Å². The normalized spacial score (nSPS) is 20.3. The number of amidine groups is 1. The number of benzene rings is 1. The summed E-state index contributed by atoms with van der Waals surface area (Å²) in [6, 6.07) is 6.90. The minimum Gasteiger partial charge on any atom is -0.460 e. The highest BCUT2D eigenvalue weighted by Crippen LogP contribution is 2.46. The minimum atomic E-state index is -0.529. The first-order chi connectivity index (χ1) is 15.5. The van der Waals surface area contributed by atoms with E-state index in [1.54, 1.807) is 20.1 Å². The highest BCUT2D eigenvalue weighted by atomic mass is 35.5. The highest BCUT2D eigenvalue weighted by molar-refractivity contribution is 8.16. The van der Waals surface area contributed by atoms with Gasteiger partial charge in [0.1, 0.15) is 6.61 Å². The molecule has 1 fully saturated rings. The zero-order valence-electron chi connectivity index (χ0n) is 18.2. The molecular formula is C23H26ClN3O4S. The van der Waals surface area contributed by atoms with Crippen molar-refractivity contribution < 1.29 is 19.1 Å². The molecule has 1 saturated heterocycles. The molecule has 0 radical (unpaired) electrons. The highest BCUT2D eigenvalue weighted by Gasteiger charge is 2.42. The van der Waals surface area contributed by atoms with Gasteiger partial charge >= 0.3 is 5.97 Å². The van der Waals surface area contributed by atoms with Gasteiger partial charge < -0.3 is 19.3 Å². The van der Waals surface area contributed by atoms with Crippen LogP contribution in [0.3, 0.4) is 0 Å². The van der Waals surface area contributed by atoms with Crippen molar-refractivity contribution in [1.29, 1.82) is 0 Å². The van der Waals surface area contributed by atoms with Crippen LogP contribution in [0.4, 0.5) is 0 Å². The molecule has 0 spiro atoms. The first-order valence-corrected chi connectivity index (χ1v) is 11.9. The molecule has 3 heterocycles. The summed E-state index contributed by atoms with van der Waals surface area (Å²) in [5.41, 5.74) is 2.57. The Labute approximate surface area is 197 Å². The van der Waals surface area contributed by atoms with Crippen LogP contribution < -0.4 is 0 Å². The van der Waals surface area contributed by atoms with Crippen LogP contribution in [-0.2, 0) is 19.1 Å². The SMILES string of the molecule is COCCOC(=O)C1=C(C)N=C2SC=C(CC(=O)N3CCCC3)N2C1c1ccccc1Cl. The van der Waals surface area contributed by atoms with Gasteiger partial charge in [0, 0.05) is 30.9 Å². The molecule has 0 aromatic heterocycles. The van der Waals surface area contributed by atoms with E-state index >= 15 is 0 Å². The van der Waals surface area contributed by atoms with Gasteiger partial charge in [0.2, 0.25) is 5.91 Å². The van der Waals surface area contributed by atoms with Crippen LogP contribution in [-0.4, -0.2) is 60.3 Å². The van der Waals surface area contributed by atoms with Crippen LogP contribution >= 0.6 is 23.4 Å². The summed E-state index contributed by atoms with van der Waals surface area (Å²) in [7, 11) is 1.55. The molecule has 3 aliphatic heterocycles. The number of methoxy groups -OCH3 is 1. The van der Waals surface area contributed by atoms with E-state index in [9.17, 15) is 9.59 Å². The summed E-state index contributed by atoms with van der Waals surface area (Å²) in [6.07, 6.45) is 2.33. The molecule has 9 heteroatoms. The average Bonchev–Trinajstić information content (AvgIpc) is 3.44. The van der Waals surface area contributed by atoms with Crippen LogP contribution in [0.25, 0.3) is 0 Å². The smallest absolute Gasteiger partial charge is 0.338 e. The average molecular weight is 476 g/mol. The number of hydrogen-bond donors (Lipinski definition) is 0. The number of fused-ring (bicyclic) bond motifs is 1. The van der Waals surface area contributed by atoms with E-state index in [2.05, 4.69) is 4.99 Å². The summed E-state index contributed by atoms with van der Waals surface area (Å²) in [4.78, 5) is 34.6. The Kier molecular flexibility index (Phi) is 7.23. The van der Waals surface area contributed by atoms with E-state index in [-0.39, 0.29) is 18.9 Å². The number of thioether (sulfide) groups is 1. The summed E-state index contributed by atoms with van der Waals surface area (Å²) in [5.74, 6) is -0.376. The maximum absolute atomic E-state index is 13.1. The first-order valence-electron chi connectivity index (χ1n) is 10.6. The van der Waals surface area contributed by atoms with Gasteiger partial charge in [0.05, 0.1) is 30.3 Å². The molecule has 1 unspecified atom stereocenters. The van der Waals surface area contributed by atoms with Crippen LogP contribution in [0.15, 0.2) is 51.6 Å². The molecule has 1 aromatic carbocycles. The Balaban J connectivity index is 1.69. The second kappa shape index (κ2) is 10.1. The van der Waals surface area contributed by atoms with E-state index < -0.39 is 12.0 Å². The van der Waals surface area contributed by atoms with Crippen LogP contribution in [0, 0.1) is 0 Å². The Hall–Kier alpha value is -2.29. The van der Waals surface area contributed by atoms with E-state index in [1.165, 1.54) is 11.8 Å². The fourth-order valence-electron chi connectivity index (χ4n) is 4.15. The van der Waals surface area contributed by atoms with Crippen molar-refractivity contribution in [2.75, 3.05) is 33.4 Å². The molecule has 1 aromatic rings. The van der Waals surface area contributed by atoms with Gasteiger partial charge in [-0.05, 0) is 36.8 Å². The van der Waals surface area contributed by atoms with Gasteiger partial charge in [0.15, 0.2) is 5.17 Å². The number of amides is 1. The Morgan fingerprint density at radius 3 is 2.69 bits per heavy atom. The molecule has 7 nitrogen and oxygen atoms in total. The molecule has 0 saturated carbocycles. The fraction of sp³-hybridized carbons (Fsp3) is 0.435. The predicted octanol–water partition coefficient (Wildman–Crippen LogP) is 4.12. The van der Waals surface area contributed by atoms with Gasteiger partial charge in [-0.3, -0.25) is 4.79 Å². The topological polar surface area (TPSA) is 71.4 Å². The fourth-order valence-corrected chi connectivity index (χ4v) is 5.35. The van der Waals surface area contributed by atoms with Crippen molar-refractivity contribution >= 4 is 40.4 Å². The quantitative estimate of drug-likeness (QED) is 0.436. The second-order valence-corrected chi connectivity index (χ2v) is 9.05. The molecule has 0 N–H and O–H groups in total. The number of carbonyl (C=O) groups is 2. The van der Waals surface area contributed by atoms with E-state index in [0.717, 1.165) is 42.4 Å². The number of rotatable bonds is 7. The summed E-state index contributed by atoms with van der Waals surface area (Å²) in [6.45, 7) is 3.84. The summed E-state index contributed by atoms with van der Waals surface area (Å²) in [5, 5.41) is 3.21. The Morgan fingerprint density at radius 2 is 1.97 bits per heavy atom. The number of aliphatic imine (C=N–C) groups is 1. The third kappa shape index (κ3) is 4.58. The summed E-state index contributed by atoms with van der Waals surface area (Å²) >= 11 is 8.04. The number of esters is 1. The van der Waals surface area contributed by atoms with Crippen LogP contribution in [0.5, 0.6) is 0 Å². The van der Waals surface area contributed by atoms with Gasteiger partial charge in [-0.2, -0.15) is 0 Å². The van der Waals surface area contributed by atoms with E-state index in [4.69, 9.17) is 21.1 Å². The number of halogens is 1. The maximum atomic E-state index is 13.1. The van der Waals surface area contributed by atoms with Gasteiger partial charge in [0.25, 0.3) is 0 Å². The third-order valence-electron chi connectivity index (χ3n) is 5.73.